The van der Waals surface area contributed by atoms with Crippen molar-refractivity contribution in [3.05, 3.63) is 35.5 Å². The molecule has 2 rings (SSSR count). The second kappa shape index (κ2) is 4.99. The Balaban J connectivity index is 2.46. The fraction of sp³-hybridized carbons (Fsp3) is 0.250. The van der Waals surface area contributed by atoms with Crippen LogP contribution in [0.5, 0.6) is 0 Å². The molecule has 0 bridgehead atoms. The van der Waals surface area contributed by atoms with Gasteiger partial charge in [-0.15, -0.1) is 11.3 Å². The lowest BCUT2D eigenvalue weighted by Crippen LogP contribution is -1.88. The summed E-state index contributed by atoms with van der Waals surface area (Å²) in [6.07, 6.45) is 0.971. The Bertz CT molecular complexity index is 660. The Kier molecular flexibility index (Phi) is 3.75. The first kappa shape index (κ1) is 13.5. The summed E-state index contributed by atoms with van der Waals surface area (Å²) >= 11 is 1.10. The van der Waals surface area contributed by atoms with Crippen molar-refractivity contribution in [2.45, 2.75) is 24.5 Å². The Morgan fingerprint density at radius 1 is 1.28 bits per heavy atom. The van der Waals surface area contributed by atoms with E-state index in [1.165, 1.54) is 5.56 Å². The van der Waals surface area contributed by atoms with Crippen molar-refractivity contribution in [1.82, 2.24) is 4.98 Å². The van der Waals surface area contributed by atoms with Gasteiger partial charge in [0.15, 0.2) is 4.21 Å². The zero-order valence-corrected chi connectivity index (χ0v) is 12.4. The molecule has 0 radical (unpaired) electrons. The Hall–Kier alpha value is -0.910. The molecule has 0 fully saturated rings. The van der Waals surface area contributed by atoms with Crippen LogP contribution in [0.1, 0.15) is 18.2 Å². The van der Waals surface area contributed by atoms with Crippen LogP contribution in [0.3, 0.4) is 0 Å². The summed E-state index contributed by atoms with van der Waals surface area (Å²) in [5.41, 5.74) is 2.59. The van der Waals surface area contributed by atoms with E-state index in [1.54, 1.807) is 6.92 Å². The molecule has 0 amide bonds. The highest BCUT2D eigenvalue weighted by atomic mass is 35.7. The normalized spacial score (nSPS) is 11.7. The SMILES string of the molecule is CCc1ccc(-c2nc(C)c(S(=O)(=O)Cl)s2)cc1. The van der Waals surface area contributed by atoms with Gasteiger partial charge in [0.2, 0.25) is 0 Å². The smallest absolute Gasteiger partial charge is 0.240 e. The number of aryl methyl sites for hydroxylation is 2. The average molecular weight is 302 g/mol. The molecule has 96 valence electrons. The highest BCUT2D eigenvalue weighted by molar-refractivity contribution is 8.15. The van der Waals surface area contributed by atoms with E-state index in [0.717, 1.165) is 23.3 Å². The molecule has 0 N–H and O–H groups in total. The molecule has 1 aromatic heterocycles. The van der Waals surface area contributed by atoms with Gasteiger partial charge in [0.05, 0.1) is 5.69 Å². The number of benzene rings is 1. The van der Waals surface area contributed by atoms with Gasteiger partial charge in [0.25, 0.3) is 9.05 Å². The molecule has 0 unspecified atom stereocenters. The maximum Gasteiger partial charge on any atom is 0.272 e. The number of hydrogen-bond donors (Lipinski definition) is 0. The maximum absolute atomic E-state index is 11.3. The van der Waals surface area contributed by atoms with Crippen molar-refractivity contribution in [2.24, 2.45) is 0 Å². The first-order valence-corrected chi connectivity index (χ1v) is 8.56. The Morgan fingerprint density at radius 3 is 2.33 bits per heavy atom. The molecule has 0 atom stereocenters. The van der Waals surface area contributed by atoms with Gasteiger partial charge in [-0.1, -0.05) is 31.2 Å². The average Bonchev–Trinajstić information content (AvgIpc) is 2.71. The van der Waals surface area contributed by atoms with Crippen LogP contribution in [0.4, 0.5) is 0 Å². The van der Waals surface area contributed by atoms with E-state index in [0.29, 0.717) is 10.7 Å². The van der Waals surface area contributed by atoms with Gasteiger partial charge in [-0.3, -0.25) is 0 Å². The van der Waals surface area contributed by atoms with Crippen molar-refractivity contribution >= 4 is 31.1 Å². The molecule has 0 aliphatic carbocycles. The summed E-state index contributed by atoms with van der Waals surface area (Å²) in [4.78, 5) is 4.26. The van der Waals surface area contributed by atoms with E-state index in [2.05, 4.69) is 11.9 Å². The second-order valence-electron chi connectivity index (χ2n) is 3.88. The first-order valence-electron chi connectivity index (χ1n) is 5.43. The van der Waals surface area contributed by atoms with E-state index in [1.807, 2.05) is 24.3 Å². The summed E-state index contributed by atoms with van der Waals surface area (Å²) in [5, 5.41) is 0.675. The van der Waals surface area contributed by atoms with Crippen LogP contribution in [-0.4, -0.2) is 13.4 Å². The minimum Gasteiger partial charge on any atom is -0.240 e. The zero-order valence-electron chi connectivity index (χ0n) is 9.97. The third-order valence-electron chi connectivity index (χ3n) is 2.58. The largest absolute Gasteiger partial charge is 0.272 e. The van der Waals surface area contributed by atoms with Crippen LogP contribution in [0.15, 0.2) is 28.5 Å². The number of halogens is 1. The summed E-state index contributed by atoms with van der Waals surface area (Å²) in [6.45, 7) is 3.73. The topological polar surface area (TPSA) is 47.0 Å². The minimum absolute atomic E-state index is 0.124. The van der Waals surface area contributed by atoms with Crippen LogP contribution in [-0.2, 0) is 15.5 Å². The lowest BCUT2D eigenvalue weighted by molar-refractivity contribution is 0.610. The maximum atomic E-state index is 11.3. The number of thiazole rings is 1. The third kappa shape index (κ3) is 2.74. The lowest BCUT2D eigenvalue weighted by atomic mass is 10.1. The van der Waals surface area contributed by atoms with Crippen LogP contribution in [0.25, 0.3) is 10.6 Å². The molecule has 6 heteroatoms. The van der Waals surface area contributed by atoms with E-state index >= 15 is 0 Å². The van der Waals surface area contributed by atoms with E-state index in [9.17, 15) is 8.42 Å². The molecular formula is C12H12ClNO2S2. The van der Waals surface area contributed by atoms with Crippen molar-refractivity contribution in [1.29, 1.82) is 0 Å². The highest BCUT2D eigenvalue weighted by Crippen LogP contribution is 2.32. The van der Waals surface area contributed by atoms with Crippen LogP contribution < -0.4 is 0 Å². The third-order valence-corrected chi connectivity index (χ3v) is 5.97. The molecule has 0 saturated carbocycles. The van der Waals surface area contributed by atoms with E-state index < -0.39 is 9.05 Å². The lowest BCUT2D eigenvalue weighted by Gasteiger charge is -1.98. The molecule has 0 spiro atoms. The number of hydrogen-bond acceptors (Lipinski definition) is 4. The number of rotatable bonds is 3. The molecule has 1 aromatic carbocycles. The predicted molar refractivity (Wildman–Crippen MR) is 74.7 cm³/mol. The first-order chi connectivity index (χ1) is 8.41. The summed E-state index contributed by atoms with van der Waals surface area (Å²) < 4.78 is 22.8. The van der Waals surface area contributed by atoms with Crippen LogP contribution in [0, 0.1) is 6.92 Å². The molecule has 2 aromatic rings. The van der Waals surface area contributed by atoms with E-state index in [4.69, 9.17) is 10.7 Å². The van der Waals surface area contributed by atoms with Gasteiger partial charge in [0, 0.05) is 16.2 Å². The summed E-state index contributed by atoms with van der Waals surface area (Å²) in [6, 6.07) is 7.92. The van der Waals surface area contributed by atoms with E-state index in [-0.39, 0.29) is 4.21 Å². The van der Waals surface area contributed by atoms with Crippen molar-refractivity contribution in [3.8, 4) is 10.6 Å². The second-order valence-corrected chi connectivity index (χ2v) is 7.64. The molecule has 1 heterocycles. The van der Waals surface area contributed by atoms with Crippen molar-refractivity contribution in [2.75, 3.05) is 0 Å². The quantitative estimate of drug-likeness (QED) is 0.814. The van der Waals surface area contributed by atoms with Crippen LogP contribution >= 0.6 is 22.0 Å². The monoisotopic (exact) mass is 301 g/mol. The molecule has 0 aliphatic rings. The Labute approximate surface area is 115 Å². The molecule has 3 nitrogen and oxygen atoms in total. The van der Waals surface area contributed by atoms with Gasteiger partial charge in [0.1, 0.15) is 5.01 Å². The number of aromatic nitrogens is 1. The highest BCUT2D eigenvalue weighted by Gasteiger charge is 2.19. The van der Waals surface area contributed by atoms with Crippen molar-refractivity contribution < 1.29 is 8.42 Å². The summed E-state index contributed by atoms with van der Waals surface area (Å²) in [7, 11) is 1.65. The molecule has 0 saturated heterocycles. The number of nitrogens with zero attached hydrogens (tertiary/aromatic N) is 1. The fourth-order valence-electron chi connectivity index (χ4n) is 1.62. The van der Waals surface area contributed by atoms with Gasteiger partial charge < -0.3 is 0 Å². The zero-order chi connectivity index (χ0) is 13.3. The standard InChI is InChI=1S/C12H12ClNO2S2/c1-3-9-4-6-10(7-5-9)11-14-8(2)12(17-11)18(13,15)16/h4-7H,3H2,1-2H3. The summed E-state index contributed by atoms with van der Waals surface area (Å²) in [5.74, 6) is 0. The fourth-order valence-corrected chi connectivity index (χ4v) is 4.07. The predicted octanol–water partition coefficient (Wildman–Crippen LogP) is 3.61. The van der Waals surface area contributed by atoms with Crippen LogP contribution in [0.2, 0.25) is 0 Å². The molecule has 18 heavy (non-hydrogen) atoms. The van der Waals surface area contributed by atoms with Crippen molar-refractivity contribution in [3.63, 3.8) is 0 Å². The van der Waals surface area contributed by atoms with Gasteiger partial charge in [-0.05, 0) is 18.9 Å². The van der Waals surface area contributed by atoms with Gasteiger partial charge in [-0.25, -0.2) is 13.4 Å². The Morgan fingerprint density at radius 2 is 1.89 bits per heavy atom. The van der Waals surface area contributed by atoms with Gasteiger partial charge in [-0.2, -0.15) is 0 Å². The molecular weight excluding hydrogens is 290 g/mol. The molecule has 0 aliphatic heterocycles. The van der Waals surface area contributed by atoms with Gasteiger partial charge >= 0.3 is 0 Å². The minimum atomic E-state index is -3.71.